The minimum absolute atomic E-state index is 0.132. The third-order valence-corrected chi connectivity index (χ3v) is 2.12. The van der Waals surface area contributed by atoms with Gasteiger partial charge in [-0.2, -0.15) is 0 Å². The van der Waals surface area contributed by atoms with Gasteiger partial charge in [0.15, 0.2) is 0 Å². The van der Waals surface area contributed by atoms with Crippen LogP contribution in [0, 0.1) is 0 Å². The minimum atomic E-state index is -1.07. The van der Waals surface area contributed by atoms with Crippen molar-refractivity contribution >= 4 is 11.9 Å². The second-order valence-corrected chi connectivity index (χ2v) is 3.73. The van der Waals surface area contributed by atoms with Crippen LogP contribution in [0.25, 0.3) is 0 Å². The van der Waals surface area contributed by atoms with Crippen LogP contribution in [0.4, 0.5) is 0 Å². The van der Waals surface area contributed by atoms with Gasteiger partial charge in [-0.15, -0.1) is 0 Å². The van der Waals surface area contributed by atoms with Crippen LogP contribution in [0.1, 0.15) is 39.0 Å². The lowest BCUT2D eigenvalue weighted by Gasteiger charge is -2.04. The van der Waals surface area contributed by atoms with Crippen molar-refractivity contribution in [2.45, 2.75) is 45.1 Å². The first-order valence-corrected chi connectivity index (χ1v) is 5.25. The molecule has 0 fully saturated rings. The first-order chi connectivity index (χ1) is 7.43. The zero-order valence-corrected chi connectivity index (χ0v) is 9.35. The van der Waals surface area contributed by atoms with Gasteiger partial charge in [0.25, 0.3) is 0 Å². The van der Waals surface area contributed by atoms with Gasteiger partial charge < -0.3 is 15.3 Å². The maximum absolute atomic E-state index is 10.7. The molecule has 0 heterocycles. The van der Waals surface area contributed by atoms with Crippen molar-refractivity contribution in [2.24, 2.45) is 0 Å². The lowest BCUT2D eigenvalue weighted by molar-refractivity contribution is -0.136. The van der Waals surface area contributed by atoms with Crippen LogP contribution >= 0.6 is 0 Å². The van der Waals surface area contributed by atoms with Crippen LogP contribution in [0.2, 0.25) is 0 Å². The Balaban J connectivity index is 4.00. The van der Waals surface area contributed by atoms with E-state index in [2.05, 4.69) is 0 Å². The molecule has 92 valence electrons. The molecule has 0 rings (SSSR count). The lowest BCUT2D eigenvalue weighted by Crippen LogP contribution is -2.04. The number of carboxylic acids is 2. The molecule has 0 spiro atoms. The van der Waals surface area contributed by atoms with Gasteiger partial charge in [-0.25, -0.2) is 4.79 Å². The second kappa shape index (κ2) is 7.87. The van der Waals surface area contributed by atoms with Crippen molar-refractivity contribution in [3.63, 3.8) is 0 Å². The van der Waals surface area contributed by atoms with Crippen LogP contribution in [0.15, 0.2) is 11.6 Å². The maximum atomic E-state index is 10.7. The topological polar surface area (TPSA) is 94.8 Å². The number of unbranched alkanes of at least 4 members (excludes halogenated alkanes) is 1. The van der Waals surface area contributed by atoms with E-state index >= 15 is 0 Å². The van der Waals surface area contributed by atoms with E-state index in [9.17, 15) is 9.59 Å². The van der Waals surface area contributed by atoms with Gasteiger partial charge in [-0.3, -0.25) is 4.79 Å². The van der Waals surface area contributed by atoms with E-state index in [1.807, 2.05) is 0 Å². The largest absolute Gasteiger partial charge is 0.481 e. The molecular formula is C11H18O5. The number of carbonyl (C=O) groups is 2. The summed E-state index contributed by atoms with van der Waals surface area (Å²) in [5.41, 5.74) is 0.132. The summed E-state index contributed by atoms with van der Waals surface area (Å²) in [5.74, 6) is -2.11. The van der Waals surface area contributed by atoms with Crippen LogP contribution in [-0.2, 0) is 9.59 Å². The Morgan fingerprint density at radius 1 is 1.25 bits per heavy atom. The quantitative estimate of drug-likeness (QED) is 0.433. The number of rotatable bonds is 8. The first kappa shape index (κ1) is 14.6. The molecule has 1 atom stereocenters. The van der Waals surface area contributed by atoms with Gasteiger partial charge in [-0.1, -0.05) is 12.5 Å². The fourth-order valence-corrected chi connectivity index (χ4v) is 1.26. The van der Waals surface area contributed by atoms with Crippen LogP contribution < -0.4 is 0 Å². The molecule has 0 aliphatic carbocycles. The average molecular weight is 230 g/mol. The normalized spacial score (nSPS) is 13.5. The molecule has 1 unspecified atom stereocenters. The Labute approximate surface area is 94.4 Å². The highest BCUT2D eigenvalue weighted by molar-refractivity contribution is 5.87. The Morgan fingerprint density at radius 3 is 2.31 bits per heavy atom. The number of hydrogen-bond donors (Lipinski definition) is 3. The maximum Gasteiger partial charge on any atom is 0.331 e. The molecular weight excluding hydrogens is 212 g/mol. The summed E-state index contributed by atoms with van der Waals surface area (Å²) in [6.45, 7) is 1.68. The standard InChI is InChI=1S/C11H18O5/c1-8(12)4-2-3-5-9(11(15)16)6-7-10(13)14/h6,8,12H,2-5,7H2,1H3,(H,13,14)(H,15,16)/b9-6-. The van der Waals surface area contributed by atoms with E-state index in [0.717, 1.165) is 6.42 Å². The Hall–Kier alpha value is -1.36. The monoisotopic (exact) mass is 230 g/mol. The van der Waals surface area contributed by atoms with Gasteiger partial charge in [-0.05, 0) is 26.2 Å². The van der Waals surface area contributed by atoms with Gasteiger partial charge in [0.05, 0.1) is 12.5 Å². The molecule has 0 amide bonds. The SMILES string of the molecule is CC(O)CCCC/C(=C/CC(=O)O)C(=O)O. The van der Waals surface area contributed by atoms with E-state index in [1.165, 1.54) is 6.08 Å². The van der Waals surface area contributed by atoms with Crippen molar-refractivity contribution in [2.75, 3.05) is 0 Å². The fourth-order valence-electron chi connectivity index (χ4n) is 1.26. The predicted molar refractivity (Wildman–Crippen MR) is 58.1 cm³/mol. The second-order valence-electron chi connectivity index (χ2n) is 3.73. The molecule has 16 heavy (non-hydrogen) atoms. The summed E-state index contributed by atoms with van der Waals surface area (Å²) >= 11 is 0. The molecule has 0 aromatic rings. The van der Waals surface area contributed by atoms with Gasteiger partial charge >= 0.3 is 11.9 Å². The summed E-state index contributed by atoms with van der Waals surface area (Å²) in [6.07, 6.45) is 2.93. The van der Waals surface area contributed by atoms with E-state index in [4.69, 9.17) is 15.3 Å². The highest BCUT2D eigenvalue weighted by atomic mass is 16.4. The molecule has 0 radical (unpaired) electrons. The van der Waals surface area contributed by atoms with Crippen LogP contribution in [0.5, 0.6) is 0 Å². The molecule has 0 saturated heterocycles. The molecule has 3 N–H and O–H groups in total. The van der Waals surface area contributed by atoms with Gasteiger partial charge in [0, 0.05) is 5.57 Å². The summed E-state index contributed by atoms with van der Waals surface area (Å²) in [4.78, 5) is 21.0. The lowest BCUT2D eigenvalue weighted by atomic mass is 10.0. The predicted octanol–water partition coefficient (Wildman–Crippen LogP) is 1.41. The average Bonchev–Trinajstić information content (AvgIpc) is 2.15. The number of aliphatic hydroxyl groups excluding tert-OH is 1. The van der Waals surface area contributed by atoms with E-state index in [0.29, 0.717) is 19.3 Å². The van der Waals surface area contributed by atoms with Crippen molar-refractivity contribution < 1.29 is 24.9 Å². The number of hydrogen-bond acceptors (Lipinski definition) is 3. The van der Waals surface area contributed by atoms with Gasteiger partial charge in [0.1, 0.15) is 0 Å². The van der Waals surface area contributed by atoms with Crippen LogP contribution in [-0.4, -0.2) is 33.4 Å². The number of aliphatic carboxylic acids is 2. The zero-order valence-electron chi connectivity index (χ0n) is 9.35. The molecule has 0 aromatic carbocycles. The molecule has 0 saturated carbocycles. The van der Waals surface area contributed by atoms with Gasteiger partial charge in [0.2, 0.25) is 0 Å². The van der Waals surface area contributed by atoms with Crippen LogP contribution in [0.3, 0.4) is 0 Å². The van der Waals surface area contributed by atoms with Crippen molar-refractivity contribution in [1.82, 2.24) is 0 Å². The highest BCUT2D eigenvalue weighted by Crippen LogP contribution is 2.11. The van der Waals surface area contributed by atoms with E-state index in [1.54, 1.807) is 6.92 Å². The number of carboxylic acid groups (broad SMARTS) is 2. The zero-order chi connectivity index (χ0) is 12.6. The highest BCUT2D eigenvalue weighted by Gasteiger charge is 2.08. The van der Waals surface area contributed by atoms with E-state index < -0.39 is 11.9 Å². The molecule has 0 aromatic heterocycles. The number of aliphatic hydroxyl groups is 1. The molecule has 0 bridgehead atoms. The fraction of sp³-hybridized carbons (Fsp3) is 0.636. The van der Waals surface area contributed by atoms with Crippen molar-refractivity contribution in [1.29, 1.82) is 0 Å². The first-order valence-electron chi connectivity index (χ1n) is 5.25. The Kier molecular flexibility index (Phi) is 7.20. The minimum Gasteiger partial charge on any atom is -0.481 e. The summed E-state index contributed by atoms with van der Waals surface area (Å²) in [5, 5.41) is 26.2. The molecule has 5 nitrogen and oxygen atoms in total. The smallest absolute Gasteiger partial charge is 0.331 e. The van der Waals surface area contributed by atoms with Crippen molar-refractivity contribution in [3.05, 3.63) is 11.6 Å². The molecule has 5 heteroatoms. The summed E-state index contributed by atoms with van der Waals surface area (Å²) < 4.78 is 0. The van der Waals surface area contributed by atoms with Crippen molar-refractivity contribution in [3.8, 4) is 0 Å². The third kappa shape index (κ3) is 7.99. The van der Waals surface area contributed by atoms with E-state index in [-0.39, 0.29) is 18.1 Å². The molecule has 0 aliphatic heterocycles. The third-order valence-electron chi connectivity index (χ3n) is 2.12. The Bertz CT molecular complexity index is 268. The Morgan fingerprint density at radius 2 is 1.88 bits per heavy atom. The summed E-state index contributed by atoms with van der Waals surface area (Å²) in [7, 11) is 0. The molecule has 0 aliphatic rings. The summed E-state index contributed by atoms with van der Waals surface area (Å²) in [6, 6.07) is 0.